The zero-order chi connectivity index (χ0) is 16.9. The van der Waals surface area contributed by atoms with Crippen LogP contribution in [0.15, 0.2) is 24.3 Å². The Balaban J connectivity index is 1.31. The Morgan fingerprint density at radius 1 is 1.12 bits per heavy atom. The van der Waals surface area contributed by atoms with E-state index >= 15 is 0 Å². The number of rotatable bonds is 6. The van der Waals surface area contributed by atoms with Crippen LogP contribution in [0.1, 0.15) is 43.2 Å². The Morgan fingerprint density at radius 3 is 2.84 bits per heavy atom. The van der Waals surface area contributed by atoms with Crippen LogP contribution in [0.2, 0.25) is 0 Å². The molecule has 3 atom stereocenters. The Bertz CT molecular complexity index is 538. The lowest BCUT2D eigenvalue weighted by atomic mass is 9.94. The Labute approximate surface area is 152 Å². The topological polar surface area (TPSA) is 36.5 Å². The molecule has 0 amide bonds. The van der Waals surface area contributed by atoms with Gasteiger partial charge in [0, 0.05) is 31.7 Å². The SMILES string of the molecule is c1cc(CNC2CCCC2C2COCCN2)cc(CN2CCCC2)c1. The van der Waals surface area contributed by atoms with Crippen LogP contribution in [0.5, 0.6) is 0 Å². The van der Waals surface area contributed by atoms with Crippen LogP contribution in [-0.2, 0) is 17.8 Å². The molecule has 3 fully saturated rings. The van der Waals surface area contributed by atoms with Crippen LogP contribution >= 0.6 is 0 Å². The fraction of sp³-hybridized carbons (Fsp3) is 0.714. The van der Waals surface area contributed by atoms with Gasteiger partial charge in [-0.05, 0) is 55.8 Å². The standard InChI is InChI=1S/C21H33N3O/c1-2-11-24(10-1)15-18-6-3-5-17(13-18)14-23-20-8-4-7-19(20)21-16-25-12-9-22-21/h3,5-6,13,19-23H,1-2,4,7-12,14-16H2. The van der Waals surface area contributed by atoms with Gasteiger partial charge in [0.2, 0.25) is 0 Å². The second kappa shape index (κ2) is 8.63. The van der Waals surface area contributed by atoms with E-state index in [0.717, 1.165) is 32.8 Å². The van der Waals surface area contributed by atoms with Gasteiger partial charge in [-0.2, -0.15) is 0 Å². The first kappa shape index (κ1) is 17.5. The van der Waals surface area contributed by atoms with Crippen LogP contribution in [0.3, 0.4) is 0 Å². The van der Waals surface area contributed by atoms with E-state index in [0.29, 0.717) is 18.0 Å². The summed E-state index contributed by atoms with van der Waals surface area (Å²) >= 11 is 0. The van der Waals surface area contributed by atoms with E-state index in [2.05, 4.69) is 39.8 Å². The van der Waals surface area contributed by atoms with Gasteiger partial charge < -0.3 is 15.4 Å². The van der Waals surface area contributed by atoms with Crippen molar-refractivity contribution in [2.45, 2.75) is 57.3 Å². The number of hydrogen-bond acceptors (Lipinski definition) is 4. The highest BCUT2D eigenvalue weighted by molar-refractivity contribution is 5.23. The summed E-state index contributed by atoms with van der Waals surface area (Å²) in [5.41, 5.74) is 2.89. The molecule has 0 bridgehead atoms. The molecule has 2 aliphatic heterocycles. The van der Waals surface area contributed by atoms with Crippen molar-refractivity contribution in [2.24, 2.45) is 5.92 Å². The van der Waals surface area contributed by atoms with E-state index < -0.39 is 0 Å². The Hall–Kier alpha value is -0.940. The minimum Gasteiger partial charge on any atom is -0.379 e. The highest BCUT2D eigenvalue weighted by Gasteiger charge is 2.34. The zero-order valence-corrected chi connectivity index (χ0v) is 15.4. The maximum absolute atomic E-state index is 5.69. The van der Waals surface area contributed by atoms with Crippen molar-refractivity contribution < 1.29 is 4.74 Å². The molecule has 2 saturated heterocycles. The van der Waals surface area contributed by atoms with Gasteiger partial charge in [0.05, 0.1) is 13.2 Å². The molecule has 25 heavy (non-hydrogen) atoms. The second-order valence-electron chi connectivity index (χ2n) is 8.02. The number of hydrogen-bond donors (Lipinski definition) is 2. The number of nitrogens with one attached hydrogen (secondary N) is 2. The molecular formula is C21H33N3O. The average Bonchev–Trinajstić information content (AvgIpc) is 3.33. The molecule has 1 saturated carbocycles. The van der Waals surface area contributed by atoms with Gasteiger partial charge in [0.15, 0.2) is 0 Å². The minimum absolute atomic E-state index is 0.537. The van der Waals surface area contributed by atoms with Gasteiger partial charge in [0.1, 0.15) is 0 Å². The van der Waals surface area contributed by atoms with Crippen molar-refractivity contribution >= 4 is 0 Å². The zero-order valence-electron chi connectivity index (χ0n) is 15.4. The fourth-order valence-corrected chi connectivity index (χ4v) is 4.87. The summed E-state index contributed by atoms with van der Waals surface area (Å²) in [6.45, 7) is 7.39. The monoisotopic (exact) mass is 343 g/mol. The first-order valence-corrected chi connectivity index (χ1v) is 10.2. The van der Waals surface area contributed by atoms with Crippen molar-refractivity contribution in [2.75, 3.05) is 32.8 Å². The summed E-state index contributed by atoms with van der Waals surface area (Å²) < 4.78 is 5.69. The number of morpholine rings is 1. The largest absolute Gasteiger partial charge is 0.379 e. The summed E-state index contributed by atoms with van der Waals surface area (Å²) in [6, 6.07) is 10.3. The van der Waals surface area contributed by atoms with E-state index in [1.54, 1.807) is 0 Å². The quantitative estimate of drug-likeness (QED) is 0.832. The number of ether oxygens (including phenoxy) is 1. The lowest BCUT2D eigenvalue weighted by Crippen LogP contribution is -2.50. The molecule has 1 aromatic carbocycles. The van der Waals surface area contributed by atoms with Crippen molar-refractivity contribution in [3.63, 3.8) is 0 Å². The summed E-state index contributed by atoms with van der Waals surface area (Å²) in [4.78, 5) is 2.58. The van der Waals surface area contributed by atoms with Gasteiger partial charge in [-0.15, -0.1) is 0 Å². The maximum atomic E-state index is 5.69. The molecule has 4 rings (SSSR count). The third-order valence-electron chi connectivity index (χ3n) is 6.20. The molecule has 1 aliphatic carbocycles. The van der Waals surface area contributed by atoms with E-state index in [1.165, 1.54) is 56.3 Å². The molecule has 0 spiro atoms. The summed E-state index contributed by atoms with van der Waals surface area (Å²) in [5, 5.41) is 7.53. The molecule has 138 valence electrons. The molecule has 4 heteroatoms. The van der Waals surface area contributed by atoms with Crippen LogP contribution in [0.4, 0.5) is 0 Å². The molecule has 3 unspecified atom stereocenters. The van der Waals surface area contributed by atoms with Crippen LogP contribution in [0, 0.1) is 5.92 Å². The van der Waals surface area contributed by atoms with Crippen molar-refractivity contribution in [1.82, 2.24) is 15.5 Å². The van der Waals surface area contributed by atoms with Gasteiger partial charge in [-0.25, -0.2) is 0 Å². The van der Waals surface area contributed by atoms with Crippen LogP contribution in [0.25, 0.3) is 0 Å². The van der Waals surface area contributed by atoms with Gasteiger partial charge in [-0.1, -0.05) is 30.7 Å². The van der Waals surface area contributed by atoms with E-state index in [9.17, 15) is 0 Å². The van der Waals surface area contributed by atoms with Crippen LogP contribution in [-0.4, -0.2) is 49.8 Å². The van der Waals surface area contributed by atoms with Gasteiger partial charge in [-0.3, -0.25) is 4.90 Å². The number of benzene rings is 1. The number of likely N-dealkylation sites (tertiary alicyclic amines) is 1. The fourth-order valence-electron chi connectivity index (χ4n) is 4.87. The minimum atomic E-state index is 0.537. The summed E-state index contributed by atoms with van der Waals surface area (Å²) in [5.74, 6) is 0.716. The Kier molecular flexibility index (Phi) is 6.03. The lowest BCUT2D eigenvalue weighted by Gasteiger charge is -2.33. The normalized spacial score (nSPS) is 30.8. The highest BCUT2D eigenvalue weighted by atomic mass is 16.5. The predicted molar refractivity (Wildman–Crippen MR) is 102 cm³/mol. The molecule has 0 radical (unpaired) electrons. The smallest absolute Gasteiger partial charge is 0.0623 e. The van der Waals surface area contributed by atoms with Crippen molar-refractivity contribution in [1.29, 1.82) is 0 Å². The molecule has 2 heterocycles. The first-order chi connectivity index (χ1) is 12.4. The molecule has 2 N–H and O–H groups in total. The van der Waals surface area contributed by atoms with Gasteiger partial charge in [0.25, 0.3) is 0 Å². The molecular weight excluding hydrogens is 310 g/mol. The first-order valence-electron chi connectivity index (χ1n) is 10.2. The molecule has 4 nitrogen and oxygen atoms in total. The summed E-state index contributed by atoms with van der Waals surface area (Å²) in [6.07, 6.45) is 6.70. The third kappa shape index (κ3) is 4.62. The van der Waals surface area contributed by atoms with Gasteiger partial charge >= 0.3 is 0 Å². The third-order valence-corrected chi connectivity index (χ3v) is 6.20. The van der Waals surface area contributed by atoms with Crippen molar-refractivity contribution in [3.05, 3.63) is 35.4 Å². The van der Waals surface area contributed by atoms with E-state index in [1.807, 2.05) is 0 Å². The highest BCUT2D eigenvalue weighted by Crippen LogP contribution is 2.29. The summed E-state index contributed by atoms with van der Waals surface area (Å²) in [7, 11) is 0. The molecule has 3 aliphatic rings. The second-order valence-corrected chi connectivity index (χ2v) is 8.02. The molecule has 0 aromatic heterocycles. The Morgan fingerprint density at radius 2 is 2.00 bits per heavy atom. The number of nitrogens with zero attached hydrogens (tertiary/aromatic N) is 1. The van der Waals surface area contributed by atoms with Crippen LogP contribution < -0.4 is 10.6 Å². The average molecular weight is 344 g/mol. The van der Waals surface area contributed by atoms with E-state index in [4.69, 9.17) is 4.74 Å². The maximum Gasteiger partial charge on any atom is 0.0623 e. The molecule has 1 aromatic rings. The van der Waals surface area contributed by atoms with E-state index in [-0.39, 0.29) is 0 Å². The lowest BCUT2D eigenvalue weighted by molar-refractivity contribution is 0.0524. The van der Waals surface area contributed by atoms with Crippen molar-refractivity contribution in [3.8, 4) is 0 Å². The predicted octanol–water partition coefficient (Wildman–Crippen LogP) is 2.53.